The average molecular weight is 460 g/mol. The Morgan fingerprint density at radius 2 is 1.97 bits per heavy atom. The SMILES string of the molecule is Cc1cccc(F)c1-n1nc2c(-c3ccc4c(c3)CN(C3CCOCC3)CC4)n[nH]c2cc1=O. The number of nitrogens with zero attached hydrogens (tertiary/aromatic N) is 4. The first-order chi connectivity index (χ1) is 16.6. The molecule has 2 aromatic heterocycles. The highest BCUT2D eigenvalue weighted by Crippen LogP contribution is 2.30. The zero-order valence-electron chi connectivity index (χ0n) is 19.1. The van der Waals surface area contributed by atoms with Gasteiger partial charge >= 0.3 is 0 Å². The van der Waals surface area contributed by atoms with Crippen LogP contribution in [-0.4, -0.2) is 50.7 Å². The van der Waals surface area contributed by atoms with E-state index in [9.17, 15) is 9.18 Å². The number of halogens is 1. The van der Waals surface area contributed by atoms with E-state index in [1.54, 1.807) is 19.1 Å². The molecule has 1 fully saturated rings. The van der Waals surface area contributed by atoms with Crippen molar-refractivity contribution in [3.05, 3.63) is 75.3 Å². The maximum Gasteiger partial charge on any atom is 0.273 e. The summed E-state index contributed by atoms with van der Waals surface area (Å²) in [5.41, 5.74) is 5.72. The predicted molar refractivity (Wildman–Crippen MR) is 128 cm³/mol. The number of H-pyrrole nitrogens is 1. The monoisotopic (exact) mass is 459 g/mol. The zero-order chi connectivity index (χ0) is 23.2. The number of rotatable bonds is 3. The third-order valence-corrected chi connectivity index (χ3v) is 7.07. The Kier molecular flexibility index (Phi) is 5.27. The van der Waals surface area contributed by atoms with Crippen molar-refractivity contribution < 1.29 is 9.13 Å². The largest absolute Gasteiger partial charge is 0.381 e. The van der Waals surface area contributed by atoms with E-state index in [4.69, 9.17) is 4.74 Å². The molecular weight excluding hydrogens is 433 g/mol. The van der Waals surface area contributed by atoms with Crippen LogP contribution in [0, 0.1) is 12.7 Å². The van der Waals surface area contributed by atoms with Gasteiger partial charge in [-0.05, 0) is 55.0 Å². The summed E-state index contributed by atoms with van der Waals surface area (Å²) >= 11 is 0. The molecular formula is C26H26FN5O2. The number of hydrogen-bond acceptors (Lipinski definition) is 5. The van der Waals surface area contributed by atoms with Crippen LogP contribution in [-0.2, 0) is 17.7 Å². The number of benzene rings is 2. The quantitative estimate of drug-likeness (QED) is 0.505. The molecule has 6 rings (SSSR count). The van der Waals surface area contributed by atoms with Gasteiger partial charge in [-0.15, -0.1) is 0 Å². The summed E-state index contributed by atoms with van der Waals surface area (Å²) in [6, 6.07) is 13.1. The highest BCUT2D eigenvalue weighted by Gasteiger charge is 2.26. The van der Waals surface area contributed by atoms with E-state index in [1.807, 2.05) is 0 Å². The fraction of sp³-hybridized carbons (Fsp3) is 0.346. The van der Waals surface area contributed by atoms with E-state index in [0.717, 1.165) is 55.8 Å². The van der Waals surface area contributed by atoms with Gasteiger partial charge < -0.3 is 4.74 Å². The highest BCUT2D eigenvalue weighted by atomic mass is 19.1. The molecule has 2 aliphatic heterocycles. The number of aryl methyl sites for hydroxylation is 1. The number of fused-ring (bicyclic) bond motifs is 2. The van der Waals surface area contributed by atoms with Crippen LogP contribution in [0.15, 0.2) is 47.3 Å². The van der Waals surface area contributed by atoms with Crippen LogP contribution in [0.1, 0.15) is 29.5 Å². The molecule has 2 aliphatic rings. The van der Waals surface area contributed by atoms with Crippen LogP contribution in [0.25, 0.3) is 28.0 Å². The molecule has 7 nitrogen and oxygen atoms in total. The Labute approximate surface area is 196 Å². The molecule has 0 amide bonds. The van der Waals surface area contributed by atoms with Crippen LogP contribution in [0.4, 0.5) is 4.39 Å². The molecule has 0 aliphatic carbocycles. The van der Waals surface area contributed by atoms with Gasteiger partial charge in [-0.3, -0.25) is 14.8 Å². The number of para-hydroxylation sites is 1. The molecule has 8 heteroatoms. The van der Waals surface area contributed by atoms with E-state index < -0.39 is 11.4 Å². The molecule has 0 spiro atoms. The lowest BCUT2D eigenvalue weighted by Crippen LogP contribution is -2.42. The third kappa shape index (κ3) is 3.63. The van der Waals surface area contributed by atoms with Crippen molar-refractivity contribution in [1.29, 1.82) is 0 Å². The van der Waals surface area contributed by atoms with Crippen molar-refractivity contribution in [3.8, 4) is 16.9 Å². The van der Waals surface area contributed by atoms with E-state index >= 15 is 0 Å². The summed E-state index contributed by atoms with van der Waals surface area (Å²) in [5, 5.41) is 12.0. The minimum atomic E-state index is -0.485. The van der Waals surface area contributed by atoms with Gasteiger partial charge in [-0.1, -0.05) is 24.3 Å². The molecule has 2 aromatic carbocycles. The number of hydrogen-bond donors (Lipinski definition) is 1. The number of aromatic nitrogens is 4. The molecule has 174 valence electrons. The number of aromatic amines is 1. The van der Waals surface area contributed by atoms with Crippen LogP contribution in [0.5, 0.6) is 0 Å². The van der Waals surface area contributed by atoms with Crippen molar-refractivity contribution in [2.24, 2.45) is 0 Å². The van der Waals surface area contributed by atoms with Crippen LogP contribution >= 0.6 is 0 Å². The Morgan fingerprint density at radius 3 is 2.79 bits per heavy atom. The van der Waals surface area contributed by atoms with Gasteiger partial charge in [0.2, 0.25) is 0 Å². The molecule has 0 unspecified atom stereocenters. The van der Waals surface area contributed by atoms with Crippen molar-refractivity contribution in [1.82, 2.24) is 24.9 Å². The molecule has 0 saturated carbocycles. The Hall–Kier alpha value is -3.36. The molecule has 4 heterocycles. The summed E-state index contributed by atoms with van der Waals surface area (Å²) in [5.74, 6) is -0.485. The summed E-state index contributed by atoms with van der Waals surface area (Å²) < 4.78 is 21.3. The van der Waals surface area contributed by atoms with Gasteiger partial charge in [-0.25, -0.2) is 4.39 Å². The van der Waals surface area contributed by atoms with Crippen molar-refractivity contribution in [2.75, 3.05) is 19.8 Å². The van der Waals surface area contributed by atoms with Crippen LogP contribution in [0.2, 0.25) is 0 Å². The molecule has 4 aromatic rings. The minimum absolute atomic E-state index is 0.166. The number of nitrogens with one attached hydrogen (secondary N) is 1. The predicted octanol–water partition coefficient (Wildman–Crippen LogP) is 3.76. The normalized spacial score (nSPS) is 17.2. The lowest BCUT2D eigenvalue weighted by atomic mass is 9.94. The summed E-state index contributed by atoms with van der Waals surface area (Å²) in [4.78, 5) is 15.3. The summed E-state index contributed by atoms with van der Waals surface area (Å²) in [7, 11) is 0. The molecule has 0 radical (unpaired) electrons. The van der Waals surface area contributed by atoms with Crippen molar-refractivity contribution >= 4 is 11.0 Å². The second kappa shape index (κ2) is 8.45. The van der Waals surface area contributed by atoms with Gasteiger partial charge in [0.05, 0.1) is 5.52 Å². The standard InChI is InChI=1S/C26H26FN5O2/c1-16-3-2-4-21(27)26(16)32-23(33)14-22-25(30-32)24(29-28-22)18-6-5-17-7-10-31(15-19(17)13-18)20-8-11-34-12-9-20/h2-6,13-14,20,28H,7-12,15H2,1H3. The Bertz CT molecular complexity index is 1420. The molecule has 1 N–H and O–H groups in total. The summed E-state index contributed by atoms with van der Waals surface area (Å²) in [6.07, 6.45) is 3.19. The van der Waals surface area contributed by atoms with Gasteiger partial charge in [0, 0.05) is 44.0 Å². The smallest absolute Gasteiger partial charge is 0.273 e. The third-order valence-electron chi connectivity index (χ3n) is 7.07. The topological polar surface area (TPSA) is 76.0 Å². The molecule has 34 heavy (non-hydrogen) atoms. The average Bonchev–Trinajstić information content (AvgIpc) is 3.26. The lowest BCUT2D eigenvalue weighted by molar-refractivity contribution is 0.0290. The fourth-order valence-electron chi connectivity index (χ4n) is 5.23. The maximum atomic E-state index is 14.6. The van der Waals surface area contributed by atoms with Gasteiger partial charge in [-0.2, -0.15) is 14.9 Å². The van der Waals surface area contributed by atoms with Crippen LogP contribution < -0.4 is 5.56 Å². The van der Waals surface area contributed by atoms with Gasteiger partial charge in [0.1, 0.15) is 22.7 Å². The Balaban J connectivity index is 1.40. The van der Waals surface area contributed by atoms with Crippen LogP contribution in [0.3, 0.4) is 0 Å². The molecule has 0 atom stereocenters. The lowest BCUT2D eigenvalue weighted by Gasteiger charge is -2.37. The molecule has 1 saturated heterocycles. The maximum absolute atomic E-state index is 14.6. The minimum Gasteiger partial charge on any atom is -0.381 e. The highest BCUT2D eigenvalue weighted by molar-refractivity contribution is 5.89. The van der Waals surface area contributed by atoms with E-state index in [0.29, 0.717) is 28.3 Å². The molecule has 0 bridgehead atoms. The van der Waals surface area contributed by atoms with Gasteiger partial charge in [0.25, 0.3) is 5.56 Å². The first-order valence-electron chi connectivity index (χ1n) is 11.8. The number of ether oxygens (including phenoxy) is 1. The van der Waals surface area contributed by atoms with Gasteiger partial charge in [0.15, 0.2) is 0 Å². The van der Waals surface area contributed by atoms with Crippen molar-refractivity contribution in [2.45, 2.75) is 38.8 Å². The van der Waals surface area contributed by atoms with E-state index in [-0.39, 0.29) is 5.69 Å². The Morgan fingerprint density at radius 1 is 1.12 bits per heavy atom. The van der Waals surface area contributed by atoms with E-state index in [2.05, 4.69) is 38.4 Å². The second-order valence-corrected chi connectivity index (χ2v) is 9.18. The zero-order valence-corrected chi connectivity index (χ0v) is 19.1. The first kappa shape index (κ1) is 21.2. The second-order valence-electron chi connectivity index (χ2n) is 9.18. The fourth-order valence-corrected chi connectivity index (χ4v) is 5.23. The van der Waals surface area contributed by atoms with Crippen molar-refractivity contribution in [3.63, 3.8) is 0 Å². The first-order valence-corrected chi connectivity index (χ1v) is 11.8. The summed E-state index contributed by atoms with van der Waals surface area (Å²) in [6.45, 7) is 5.41. The van der Waals surface area contributed by atoms with E-state index in [1.165, 1.54) is 23.3 Å².